The van der Waals surface area contributed by atoms with Gasteiger partial charge in [0.25, 0.3) is 11.1 Å². The maximum atomic E-state index is 14.0. The molecule has 4 rings (SSSR count). The number of thioether (sulfide) groups is 1. The van der Waals surface area contributed by atoms with E-state index in [1.54, 1.807) is 30.3 Å². The molecule has 1 heterocycles. The normalized spacial score (nSPS) is 14.5. The van der Waals surface area contributed by atoms with Gasteiger partial charge in [0.1, 0.15) is 12.4 Å². The lowest BCUT2D eigenvalue weighted by atomic mass is 10.1. The molecule has 0 radical (unpaired) electrons. The number of benzene rings is 3. The Bertz CT molecular complexity index is 1280. The summed E-state index contributed by atoms with van der Waals surface area (Å²) in [5.74, 6) is 0.383. The van der Waals surface area contributed by atoms with Crippen LogP contribution < -0.4 is 9.47 Å². The smallest absolute Gasteiger partial charge is 0.293 e. The molecule has 186 valence electrons. The number of nitrogens with zero attached hydrogens (tertiary/aromatic N) is 1. The van der Waals surface area contributed by atoms with E-state index in [4.69, 9.17) is 9.47 Å². The van der Waals surface area contributed by atoms with Gasteiger partial charge >= 0.3 is 0 Å². The molecule has 0 aliphatic carbocycles. The van der Waals surface area contributed by atoms with Gasteiger partial charge in [-0.05, 0) is 89.5 Å². The van der Waals surface area contributed by atoms with Gasteiger partial charge in [0.2, 0.25) is 0 Å². The van der Waals surface area contributed by atoms with E-state index in [2.05, 4.69) is 22.6 Å². The lowest BCUT2D eigenvalue weighted by Crippen LogP contribution is -2.29. The second-order valence-electron chi connectivity index (χ2n) is 8.07. The third-order valence-electron chi connectivity index (χ3n) is 5.52. The van der Waals surface area contributed by atoms with E-state index >= 15 is 0 Å². The molecule has 1 fully saturated rings. The average molecular weight is 617 g/mol. The molecule has 5 nitrogen and oxygen atoms in total. The first kappa shape index (κ1) is 26.2. The first-order valence-electron chi connectivity index (χ1n) is 11.6. The van der Waals surface area contributed by atoms with Gasteiger partial charge in [-0.2, -0.15) is 0 Å². The summed E-state index contributed by atoms with van der Waals surface area (Å²) in [5.41, 5.74) is 2.34. The van der Waals surface area contributed by atoms with Crippen LogP contribution in [-0.4, -0.2) is 29.2 Å². The van der Waals surface area contributed by atoms with Crippen LogP contribution in [0.5, 0.6) is 11.5 Å². The second kappa shape index (κ2) is 12.4. The summed E-state index contributed by atoms with van der Waals surface area (Å²) in [7, 11) is 0. The molecule has 0 spiro atoms. The van der Waals surface area contributed by atoms with Crippen molar-refractivity contribution >= 4 is 51.6 Å². The van der Waals surface area contributed by atoms with Gasteiger partial charge in [-0.15, -0.1) is 0 Å². The molecule has 0 aromatic heterocycles. The number of imide groups is 1. The second-order valence-corrected chi connectivity index (χ2v) is 10.2. The Labute approximate surface area is 227 Å². The number of amides is 2. The molecule has 0 atom stereocenters. The molecule has 8 heteroatoms. The lowest BCUT2D eigenvalue weighted by Gasteiger charge is -2.15. The number of carbonyl (C=O) groups excluding carboxylic acids is 2. The molecule has 0 unspecified atom stereocenters. The van der Waals surface area contributed by atoms with Crippen LogP contribution in [0.4, 0.5) is 9.18 Å². The first-order chi connectivity index (χ1) is 17.5. The fraction of sp³-hybridized carbons (Fsp3) is 0.214. The Morgan fingerprint density at radius 1 is 1.03 bits per heavy atom. The number of ether oxygens (including phenoxy) is 2. The van der Waals surface area contributed by atoms with Gasteiger partial charge in [0.15, 0.2) is 11.5 Å². The molecule has 3 aromatic carbocycles. The molecule has 1 saturated heterocycles. The lowest BCUT2D eigenvalue weighted by molar-refractivity contribution is -0.122. The van der Waals surface area contributed by atoms with Crippen molar-refractivity contribution in [2.75, 3.05) is 13.2 Å². The summed E-state index contributed by atoms with van der Waals surface area (Å²) in [6.45, 7) is 2.71. The summed E-state index contributed by atoms with van der Waals surface area (Å²) in [5, 5.41) is -0.260. The van der Waals surface area contributed by atoms with Crippen molar-refractivity contribution in [2.45, 2.75) is 26.4 Å². The van der Waals surface area contributed by atoms with Crippen molar-refractivity contribution in [3.8, 4) is 11.5 Å². The molecule has 1 aliphatic heterocycles. The Balaban J connectivity index is 1.47. The minimum Gasteiger partial charge on any atom is -0.490 e. The van der Waals surface area contributed by atoms with Crippen molar-refractivity contribution in [2.24, 2.45) is 0 Å². The van der Waals surface area contributed by atoms with E-state index in [1.165, 1.54) is 16.5 Å². The standard InChI is InChI=1S/C28H25FINO4S/c1-2-34-24-16-20(15-23(30)26(24)35-18-21-12-6-7-13-22(21)29)17-25-27(32)31(28(33)36-25)14-8-11-19-9-4-3-5-10-19/h3-7,9-10,12-13,15-17H,2,8,11,14,18H2,1H3/b25-17+. The molecule has 3 aromatic rings. The highest BCUT2D eigenvalue weighted by atomic mass is 127. The van der Waals surface area contributed by atoms with Crippen molar-refractivity contribution in [3.05, 3.63) is 97.7 Å². The molecular formula is C28H25FINO4S. The minimum absolute atomic E-state index is 0.0595. The van der Waals surface area contributed by atoms with Gasteiger partial charge in [-0.1, -0.05) is 48.5 Å². The van der Waals surface area contributed by atoms with Crippen molar-refractivity contribution in [1.29, 1.82) is 0 Å². The highest BCUT2D eigenvalue weighted by Crippen LogP contribution is 2.38. The molecule has 0 saturated carbocycles. The van der Waals surface area contributed by atoms with Crippen LogP contribution >= 0.6 is 34.4 Å². The van der Waals surface area contributed by atoms with Crippen LogP contribution in [0.15, 0.2) is 71.6 Å². The minimum atomic E-state index is -0.332. The van der Waals surface area contributed by atoms with E-state index in [1.807, 2.05) is 43.3 Å². The molecule has 2 amide bonds. The zero-order chi connectivity index (χ0) is 25.5. The highest BCUT2D eigenvalue weighted by molar-refractivity contribution is 14.1. The van der Waals surface area contributed by atoms with Crippen LogP contribution in [0.1, 0.15) is 30.0 Å². The van der Waals surface area contributed by atoms with Gasteiger partial charge < -0.3 is 9.47 Å². The fourth-order valence-corrected chi connectivity index (χ4v) is 5.42. The maximum Gasteiger partial charge on any atom is 0.293 e. The van der Waals surface area contributed by atoms with E-state index in [-0.39, 0.29) is 23.6 Å². The molecular weight excluding hydrogens is 592 g/mol. The van der Waals surface area contributed by atoms with Crippen LogP contribution in [0.25, 0.3) is 6.08 Å². The number of hydrogen-bond acceptors (Lipinski definition) is 5. The maximum absolute atomic E-state index is 14.0. The zero-order valence-electron chi connectivity index (χ0n) is 19.7. The average Bonchev–Trinajstić information content (AvgIpc) is 3.12. The van der Waals surface area contributed by atoms with Gasteiger partial charge in [0.05, 0.1) is 15.1 Å². The van der Waals surface area contributed by atoms with Crippen molar-refractivity contribution in [1.82, 2.24) is 4.90 Å². The van der Waals surface area contributed by atoms with E-state index in [0.29, 0.717) is 41.5 Å². The molecule has 0 N–H and O–H groups in total. The third-order valence-corrected chi connectivity index (χ3v) is 7.23. The van der Waals surface area contributed by atoms with Crippen molar-refractivity contribution in [3.63, 3.8) is 0 Å². The first-order valence-corrected chi connectivity index (χ1v) is 13.5. The predicted molar refractivity (Wildman–Crippen MR) is 148 cm³/mol. The van der Waals surface area contributed by atoms with Crippen LogP contribution in [0, 0.1) is 9.39 Å². The third kappa shape index (κ3) is 6.47. The van der Waals surface area contributed by atoms with Crippen molar-refractivity contribution < 1.29 is 23.5 Å². The Morgan fingerprint density at radius 2 is 1.78 bits per heavy atom. The summed E-state index contributed by atoms with van der Waals surface area (Å²) < 4.78 is 26.5. The van der Waals surface area contributed by atoms with Gasteiger partial charge in [-0.3, -0.25) is 14.5 Å². The highest BCUT2D eigenvalue weighted by Gasteiger charge is 2.34. The van der Waals surface area contributed by atoms with Gasteiger partial charge in [0, 0.05) is 12.1 Å². The van der Waals surface area contributed by atoms with Crippen LogP contribution in [0.2, 0.25) is 0 Å². The van der Waals surface area contributed by atoms with E-state index in [0.717, 1.165) is 27.3 Å². The molecule has 36 heavy (non-hydrogen) atoms. The summed E-state index contributed by atoms with van der Waals surface area (Å²) >= 11 is 3.07. The Kier molecular flexibility index (Phi) is 9.03. The number of rotatable bonds is 10. The fourth-order valence-electron chi connectivity index (χ4n) is 3.77. The Hall–Kier alpha value is -2.85. The predicted octanol–water partition coefficient (Wildman–Crippen LogP) is 7.08. The van der Waals surface area contributed by atoms with E-state index in [9.17, 15) is 14.0 Å². The quantitative estimate of drug-likeness (QED) is 0.180. The number of halogens is 2. The molecule has 1 aliphatic rings. The number of carbonyl (C=O) groups is 2. The summed E-state index contributed by atoms with van der Waals surface area (Å²) in [6.07, 6.45) is 3.20. The summed E-state index contributed by atoms with van der Waals surface area (Å²) in [4.78, 5) is 27.1. The van der Waals surface area contributed by atoms with Crippen LogP contribution in [-0.2, 0) is 17.8 Å². The number of aryl methyl sites for hydroxylation is 1. The SMILES string of the molecule is CCOc1cc(/C=C2/SC(=O)N(CCCc3ccccc3)C2=O)cc(I)c1OCc1ccccc1F. The molecule has 0 bridgehead atoms. The topological polar surface area (TPSA) is 55.8 Å². The summed E-state index contributed by atoms with van der Waals surface area (Å²) in [6, 6.07) is 20.1. The zero-order valence-corrected chi connectivity index (χ0v) is 22.7. The monoisotopic (exact) mass is 617 g/mol. The van der Waals surface area contributed by atoms with Gasteiger partial charge in [-0.25, -0.2) is 4.39 Å². The largest absolute Gasteiger partial charge is 0.490 e. The van der Waals surface area contributed by atoms with E-state index < -0.39 is 0 Å². The Morgan fingerprint density at radius 3 is 2.53 bits per heavy atom. The van der Waals surface area contributed by atoms with Crippen LogP contribution in [0.3, 0.4) is 0 Å². The number of hydrogen-bond donors (Lipinski definition) is 0.